The van der Waals surface area contributed by atoms with Crippen LogP contribution in [0.1, 0.15) is 15.9 Å². The maximum atomic E-state index is 11.4. The fraction of sp³-hybridized carbons (Fsp3) is 0.100. The van der Waals surface area contributed by atoms with Crippen molar-refractivity contribution in [3.05, 3.63) is 38.4 Å². The van der Waals surface area contributed by atoms with Crippen LogP contribution in [0.3, 0.4) is 0 Å². The van der Waals surface area contributed by atoms with Gasteiger partial charge in [0, 0.05) is 17.1 Å². The molecule has 0 fully saturated rings. The van der Waals surface area contributed by atoms with Crippen molar-refractivity contribution in [2.24, 2.45) is 0 Å². The van der Waals surface area contributed by atoms with E-state index in [1.165, 1.54) is 11.3 Å². The van der Waals surface area contributed by atoms with Gasteiger partial charge in [-0.2, -0.15) is 11.3 Å². The van der Waals surface area contributed by atoms with Gasteiger partial charge < -0.3 is 10.1 Å². The number of aromatic amines is 1. The third-order valence-electron chi connectivity index (χ3n) is 2.14. The second-order valence-corrected chi connectivity index (χ2v) is 3.99. The van der Waals surface area contributed by atoms with Crippen molar-refractivity contribution in [2.45, 2.75) is 6.92 Å². The Labute approximate surface area is 94.4 Å². The summed E-state index contributed by atoms with van der Waals surface area (Å²) in [4.78, 5) is 28.4. The number of rotatable bonds is 2. The lowest BCUT2D eigenvalue weighted by Gasteiger charge is -1.99. The molecule has 2 aromatic heterocycles. The van der Waals surface area contributed by atoms with Crippen LogP contribution in [0.2, 0.25) is 0 Å². The lowest BCUT2D eigenvalue weighted by molar-refractivity contribution is 0.0694. The van der Waals surface area contributed by atoms with E-state index < -0.39 is 11.5 Å². The molecule has 0 radical (unpaired) electrons. The van der Waals surface area contributed by atoms with E-state index >= 15 is 0 Å². The van der Waals surface area contributed by atoms with Gasteiger partial charge in [0.1, 0.15) is 11.4 Å². The molecule has 6 heteroatoms. The number of carboxylic acid groups (broad SMARTS) is 1. The summed E-state index contributed by atoms with van der Waals surface area (Å²) < 4.78 is 0. The van der Waals surface area contributed by atoms with Gasteiger partial charge in [-0.3, -0.25) is 4.79 Å². The number of hydrogen-bond acceptors (Lipinski definition) is 4. The highest BCUT2D eigenvalue weighted by Gasteiger charge is 2.11. The minimum atomic E-state index is -1.28. The van der Waals surface area contributed by atoms with Gasteiger partial charge in [0.25, 0.3) is 5.56 Å². The van der Waals surface area contributed by atoms with Crippen LogP contribution in [-0.2, 0) is 0 Å². The SMILES string of the molecule is Cc1cscc1-c1ncc(C(=O)O)c(=O)[nH]1. The molecular formula is C10H8N2O3S. The molecule has 0 unspecified atom stereocenters. The van der Waals surface area contributed by atoms with Gasteiger partial charge in [-0.15, -0.1) is 0 Å². The number of H-pyrrole nitrogens is 1. The van der Waals surface area contributed by atoms with Crippen molar-refractivity contribution in [3.63, 3.8) is 0 Å². The van der Waals surface area contributed by atoms with Crippen LogP contribution >= 0.6 is 11.3 Å². The van der Waals surface area contributed by atoms with Crippen molar-refractivity contribution in [2.75, 3.05) is 0 Å². The quantitative estimate of drug-likeness (QED) is 0.827. The van der Waals surface area contributed by atoms with Gasteiger partial charge in [-0.25, -0.2) is 9.78 Å². The number of hydrogen-bond donors (Lipinski definition) is 2. The van der Waals surface area contributed by atoms with Crippen molar-refractivity contribution < 1.29 is 9.90 Å². The largest absolute Gasteiger partial charge is 0.477 e. The van der Waals surface area contributed by atoms with E-state index in [4.69, 9.17) is 5.11 Å². The van der Waals surface area contributed by atoms with Crippen molar-refractivity contribution in [1.29, 1.82) is 0 Å². The Balaban J connectivity index is 2.55. The summed E-state index contributed by atoms with van der Waals surface area (Å²) in [6.07, 6.45) is 1.08. The standard InChI is InChI=1S/C10H8N2O3S/c1-5-3-16-4-7(5)8-11-2-6(10(14)15)9(13)12-8/h2-4H,1H3,(H,14,15)(H,11,12,13). The summed E-state index contributed by atoms with van der Waals surface area (Å²) in [5.41, 5.74) is 0.829. The normalized spacial score (nSPS) is 10.3. The molecule has 0 saturated carbocycles. The van der Waals surface area contributed by atoms with E-state index in [1.54, 1.807) is 0 Å². The Morgan fingerprint density at radius 1 is 1.50 bits per heavy atom. The third kappa shape index (κ3) is 1.74. The van der Waals surface area contributed by atoms with E-state index in [1.807, 2.05) is 17.7 Å². The molecule has 0 bridgehead atoms. The first-order valence-corrected chi connectivity index (χ1v) is 5.39. The van der Waals surface area contributed by atoms with Gasteiger partial charge in [0.05, 0.1) is 0 Å². The molecule has 0 saturated heterocycles. The predicted molar refractivity (Wildman–Crippen MR) is 59.9 cm³/mol. The molecule has 0 aliphatic carbocycles. The fourth-order valence-electron chi connectivity index (χ4n) is 1.29. The number of carbonyl (C=O) groups is 1. The molecule has 0 aromatic carbocycles. The lowest BCUT2D eigenvalue weighted by atomic mass is 10.2. The van der Waals surface area contributed by atoms with Crippen LogP contribution in [-0.4, -0.2) is 21.0 Å². The zero-order valence-corrected chi connectivity index (χ0v) is 9.17. The van der Waals surface area contributed by atoms with Gasteiger partial charge >= 0.3 is 5.97 Å². The number of aromatic carboxylic acids is 1. The Bertz CT molecular complexity index is 600. The molecule has 0 spiro atoms. The monoisotopic (exact) mass is 236 g/mol. The highest BCUT2D eigenvalue weighted by molar-refractivity contribution is 7.08. The number of aryl methyl sites for hydroxylation is 1. The topological polar surface area (TPSA) is 83.0 Å². The van der Waals surface area contributed by atoms with Gasteiger partial charge in [0.2, 0.25) is 0 Å². The maximum Gasteiger partial charge on any atom is 0.342 e. The van der Waals surface area contributed by atoms with Gasteiger partial charge in [0.15, 0.2) is 0 Å². The van der Waals surface area contributed by atoms with E-state index in [0.29, 0.717) is 5.82 Å². The molecule has 2 heterocycles. The van der Waals surface area contributed by atoms with Crippen molar-refractivity contribution in [1.82, 2.24) is 9.97 Å². The zero-order chi connectivity index (χ0) is 11.7. The maximum absolute atomic E-state index is 11.4. The smallest absolute Gasteiger partial charge is 0.342 e. The van der Waals surface area contributed by atoms with E-state index in [9.17, 15) is 9.59 Å². The first-order chi connectivity index (χ1) is 7.59. The summed E-state index contributed by atoms with van der Waals surface area (Å²) in [6.45, 7) is 1.90. The molecule has 2 rings (SSSR count). The Morgan fingerprint density at radius 2 is 2.25 bits per heavy atom. The average molecular weight is 236 g/mol. The average Bonchev–Trinajstić information content (AvgIpc) is 2.63. The van der Waals surface area contributed by atoms with Crippen molar-refractivity contribution >= 4 is 17.3 Å². The molecule has 0 amide bonds. The van der Waals surface area contributed by atoms with E-state index in [2.05, 4.69) is 9.97 Å². The predicted octanol–water partition coefficient (Wildman–Crippen LogP) is 1.51. The molecular weight excluding hydrogens is 228 g/mol. The molecule has 2 aromatic rings. The second kappa shape index (κ2) is 3.90. The van der Waals surface area contributed by atoms with Crippen molar-refractivity contribution in [3.8, 4) is 11.4 Å². The number of nitrogens with zero attached hydrogens (tertiary/aromatic N) is 1. The molecule has 0 aliphatic heterocycles. The fourth-order valence-corrected chi connectivity index (χ4v) is 2.12. The molecule has 16 heavy (non-hydrogen) atoms. The Kier molecular flexibility index (Phi) is 2.57. The highest BCUT2D eigenvalue weighted by Crippen LogP contribution is 2.22. The van der Waals surface area contributed by atoms with Crippen LogP contribution in [0, 0.1) is 6.92 Å². The number of nitrogens with one attached hydrogen (secondary N) is 1. The highest BCUT2D eigenvalue weighted by atomic mass is 32.1. The molecule has 0 aliphatic rings. The molecule has 82 valence electrons. The lowest BCUT2D eigenvalue weighted by Crippen LogP contribution is -2.18. The van der Waals surface area contributed by atoms with Crippen LogP contribution in [0.25, 0.3) is 11.4 Å². The van der Waals surface area contributed by atoms with Crippen LogP contribution in [0.15, 0.2) is 21.8 Å². The number of carboxylic acids is 1. The van der Waals surface area contributed by atoms with E-state index in [0.717, 1.165) is 17.3 Å². The third-order valence-corrected chi connectivity index (χ3v) is 3.00. The molecule has 0 atom stereocenters. The van der Waals surface area contributed by atoms with Crippen LogP contribution < -0.4 is 5.56 Å². The first kappa shape index (κ1) is 10.6. The summed E-state index contributed by atoms with van der Waals surface area (Å²) >= 11 is 1.50. The Morgan fingerprint density at radius 3 is 2.75 bits per heavy atom. The Hall–Kier alpha value is -1.95. The number of thiophene rings is 1. The van der Waals surface area contributed by atoms with Gasteiger partial charge in [-0.1, -0.05) is 0 Å². The molecule has 5 nitrogen and oxygen atoms in total. The van der Waals surface area contributed by atoms with E-state index in [-0.39, 0.29) is 5.56 Å². The summed E-state index contributed by atoms with van der Waals surface area (Å²) in [7, 11) is 0. The minimum absolute atomic E-state index is 0.350. The van der Waals surface area contributed by atoms with Gasteiger partial charge in [-0.05, 0) is 17.9 Å². The first-order valence-electron chi connectivity index (χ1n) is 4.45. The molecule has 2 N–H and O–H groups in total. The second-order valence-electron chi connectivity index (χ2n) is 3.25. The van der Waals surface area contributed by atoms with Crippen LogP contribution in [0.5, 0.6) is 0 Å². The summed E-state index contributed by atoms with van der Waals surface area (Å²) in [5.74, 6) is -0.879. The van der Waals surface area contributed by atoms with Crippen LogP contribution in [0.4, 0.5) is 0 Å². The summed E-state index contributed by atoms with van der Waals surface area (Å²) in [6, 6.07) is 0. The number of aromatic nitrogens is 2. The zero-order valence-electron chi connectivity index (χ0n) is 8.35. The minimum Gasteiger partial charge on any atom is -0.477 e. The summed E-state index contributed by atoms with van der Waals surface area (Å²) in [5, 5.41) is 12.5.